The molecule has 2 rings (SSSR count). The van der Waals surface area contributed by atoms with E-state index < -0.39 is 0 Å². The minimum atomic E-state index is -0.288. The quantitative estimate of drug-likeness (QED) is 0.837. The zero-order valence-corrected chi connectivity index (χ0v) is 9.39. The number of nitrogens with zero attached hydrogens (tertiary/aromatic N) is 1. The van der Waals surface area contributed by atoms with Gasteiger partial charge in [0, 0.05) is 11.7 Å². The first kappa shape index (κ1) is 10.7. The molecule has 0 fully saturated rings. The van der Waals surface area contributed by atoms with Gasteiger partial charge in [-0.15, -0.1) is 0 Å². The lowest BCUT2D eigenvalue weighted by Gasteiger charge is -2.34. The van der Waals surface area contributed by atoms with Crippen molar-refractivity contribution in [3.8, 4) is 0 Å². The molecule has 0 saturated carbocycles. The Labute approximate surface area is 95.6 Å². The Kier molecular flexibility index (Phi) is 2.95. The number of nitrogens with two attached hydrogens (primary N) is 1. The van der Waals surface area contributed by atoms with Gasteiger partial charge in [-0.1, -0.05) is 37.3 Å². The minimum absolute atomic E-state index is 0.266. The topological polar surface area (TPSA) is 46.3 Å². The van der Waals surface area contributed by atoms with Crippen molar-refractivity contribution in [3.63, 3.8) is 0 Å². The highest BCUT2D eigenvalue weighted by molar-refractivity contribution is 5.83. The monoisotopic (exact) mass is 216 g/mol. The average Bonchev–Trinajstić information content (AvgIpc) is 2.29. The van der Waals surface area contributed by atoms with E-state index >= 15 is 0 Å². The van der Waals surface area contributed by atoms with Crippen LogP contribution in [0.3, 0.4) is 0 Å². The predicted molar refractivity (Wildman–Crippen MR) is 66.1 cm³/mol. The van der Waals surface area contributed by atoms with Crippen molar-refractivity contribution < 1.29 is 4.79 Å². The largest absolute Gasteiger partial charge is 0.368 e. The number of anilines is 1. The first-order valence-corrected chi connectivity index (χ1v) is 5.54. The van der Waals surface area contributed by atoms with Gasteiger partial charge in [-0.25, -0.2) is 0 Å². The molecule has 3 heteroatoms. The minimum Gasteiger partial charge on any atom is -0.368 e. The first-order valence-electron chi connectivity index (χ1n) is 5.54. The van der Waals surface area contributed by atoms with Crippen molar-refractivity contribution in [2.75, 3.05) is 11.4 Å². The van der Waals surface area contributed by atoms with Crippen LogP contribution in [0.2, 0.25) is 0 Å². The summed E-state index contributed by atoms with van der Waals surface area (Å²) in [5.74, 6) is -0.288. The van der Waals surface area contributed by atoms with E-state index in [1.165, 1.54) is 0 Å². The van der Waals surface area contributed by atoms with Crippen LogP contribution in [0.25, 0.3) is 6.08 Å². The van der Waals surface area contributed by atoms with E-state index in [-0.39, 0.29) is 18.5 Å². The summed E-state index contributed by atoms with van der Waals surface area (Å²) in [5.41, 5.74) is 7.53. The molecule has 0 aliphatic carbocycles. The van der Waals surface area contributed by atoms with Crippen LogP contribution in [0, 0.1) is 0 Å². The number of benzene rings is 1. The second kappa shape index (κ2) is 4.39. The van der Waals surface area contributed by atoms with Gasteiger partial charge in [0.05, 0.1) is 6.54 Å². The zero-order valence-electron chi connectivity index (χ0n) is 9.39. The predicted octanol–water partition coefficient (Wildman–Crippen LogP) is 1.78. The fourth-order valence-electron chi connectivity index (χ4n) is 2.11. The molecular formula is C13H16N2O. The Bertz CT molecular complexity index is 426. The fraction of sp³-hybridized carbons (Fsp3) is 0.308. The van der Waals surface area contributed by atoms with Gasteiger partial charge in [0.25, 0.3) is 0 Å². The lowest BCUT2D eigenvalue weighted by atomic mass is 10.0. The Morgan fingerprint density at radius 1 is 1.44 bits per heavy atom. The van der Waals surface area contributed by atoms with Crippen molar-refractivity contribution in [3.05, 3.63) is 35.9 Å². The van der Waals surface area contributed by atoms with E-state index in [0.29, 0.717) is 0 Å². The molecule has 0 bridgehead atoms. The molecule has 3 nitrogen and oxygen atoms in total. The number of hydrogen-bond acceptors (Lipinski definition) is 2. The molecule has 1 aliphatic rings. The van der Waals surface area contributed by atoms with Crippen LogP contribution >= 0.6 is 0 Å². The first-order chi connectivity index (χ1) is 7.72. The highest BCUT2D eigenvalue weighted by Crippen LogP contribution is 2.29. The summed E-state index contributed by atoms with van der Waals surface area (Å²) in [7, 11) is 0. The summed E-state index contributed by atoms with van der Waals surface area (Å²) < 4.78 is 0. The van der Waals surface area contributed by atoms with Gasteiger partial charge in [0.2, 0.25) is 5.91 Å². The lowest BCUT2D eigenvalue weighted by molar-refractivity contribution is -0.116. The smallest absolute Gasteiger partial charge is 0.236 e. The van der Waals surface area contributed by atoms with E-state index in [9.17, 15) is 4.79 Å². The molecule has 1 atom stereocenters. The van der Waals surface area contributed by atoms with Crippen molar-refractivity contribution in [2.24, 2.45) is 5.73 Å². The molecule has 0 spiro atoms. The van der Waals surface area contributed by atoms with E-state index in [1.54, 1.807) is 0 Å². The van der Waals surface area contributed by atoms with Crippen LogP contribution < -0.4 is 10.6 Å². The Morgan fingerprint density at radius 3 is 2.88 bits per heavy atom. The number of carbonyl (C=O) groups is 1. The summed E-state index contributed by atoms with van der Waals surface area (Å²) in [6.07, 6.45) is 5.21. The number of rotatable bonds is 3. The average molecular weight is 216 g/mol. The van der Waals surface area contributed by atoms with Crippen molar-refractivity contribution in [2.45, 2.75) is 19.4 Å². The molecule has 0 saturated heterocycles. The molecule has 1 amide bonds. The van der Waals surface area contributed by atoms with Gasteiger partial charge in [0.15, 0.2) is 0 Å². The summed E-state index contributed by atoms with van der Waals surface area (Å²) in [6, 6.07) is 8.33. The molecule has 0 aromatic heterocycles. The Balaban J connectivity index is 2.37. The summed E-state index contributed by atoms with van der Waals surface area (Å²) in [6.45, 7) is 2.39. The van der Waals surface area contributed by atoms with Crippen LogP contribution in [-0.4, -0.2) is 18.5 Å². The second-order valence-electron chi connectivity index (χ2n) is 3.99. The molecule has 1 heterocycles. The molecule has 1 aromatic rings. The zero-order chi connectivity index (χ0) is 11.5. The fourth-order valence-corrected chi connectivity index (χ4v) is 2.11. The van der Waals surface area contributed by atoms with Crippen molar-refractivity contribution in [1.29, 1.82) is 0 Å². The maximum atomic E-state index is 11.1. The summed E-state index contributed by atoms with van der Waals surface area (Å²) >= 11 is 0. The summed E-state index contributed by atoms with van der Waals surface area (Å²) in [5, 5.41) is 0. The molecule has 1 aromatic carbocycles. The van der Waals surface area contributed by atoms with Crippen molar-refractivity contribution in [1.82, 2.24) is 0 Å². The number of primary amides is 1. The highest BCUT2D eigenvalue weighted by atomic mass is 16.1. The number of hydrogen-bond donors (Lipinski definition) is 1. The molecule has 1 aliphatic heterocycles. The van der Waals surface area contributed by atoms with Crippen LogP contribution in [-0.2, 0) is 4.79 Å². The normalized spacial score (nSPS) is 18.3. The van der Waals surface area contributed by atoms with Gasteiger partial charge >= 0.3 is 0 Å². The van der Waals surface area contributed by atoms with Gasteiger partial charge in [-0.3, -0.25) is 4.79 Å². The van der Waals surface area contributed by atoms with Crippen LogP contribution in [0.15, 0.2) is 30.3 Å². The number of fused-ring (bicyclic) bond motifs is 1. The van der Waals surface area contributed by atoms with E-state index in [1.807, 2.05) is 24.3 Å². The second-order valence-corrected chi connectivity index (χ2v) is 3.99. The van der Waals surface area contributed by atoms with Crippen LogP contribution in [0.1, 0.15) is 18.9 Å². The molecular weight excluding hydrogens is 200 g/mol. The Hall–Kier alpha value is -1.77. The third-order valence-corrected chi connectivity index (χ3v) is 2.89. The number of carbonyl (C=O) groups excluding carboxylic acids is 1. The van der Waals surface area contributed by atoms with Gasteiger partial charge in [-0.05, 0) is 18.1 Å². The maximum absolute atomic E-state index is 11.1. The maximum Gasteiger partial charge on any atom is 0.236 e. The van der Waals surface area contributed by atoms with Gasteiger partial charge in [-0.2, -0.15) is 0 Å². The number of amides is 1. The SMILES string of the molecule is CCC1C=Cc2ccccc2N1CC(N)=O. The standard InChI is InChI=1S/C13H16N2O/c1-2-11-8-7-10-5-3-4-6-12(10)15(11)9-13(14)16/h3-8,11H,2,9H2,1H3,(H2,14,16). The van der Waals surface area contributed by atoms with E-state index in [0.717, 1.165) is 17.7 Å². The highest BCUT2D eigenvalue weighted by Gasteiger charge is 2.21. The molecule has 1 unspecified atom stereocenters. The molecule has 84 valence electrons. The van der Waals surface area contributed by atoms with Crippen LogP contribution in [0.4, 0.5) is 5.69 Å². The van der Waals surface area contributed by atoms with E-state index in [4.69, 9.17) is 5.73 Å². The van der Waals surface area contributed by atoms with Crippen LogP contribution in [0.5, 0.6) is 0 Å². The summed E-state index contributed by atoms with van der Waals surface area (Å²) in [4.78, 5) is 13.2. The Morgan fingerprint density at radius 2 is 2.19 bits per heavy atom. The number of para-hydroxylation sites is 1. The third-order valence-electron chi connectivity index (χ3n) is 2.89. The van der Waals surface area contributed by atoms with Gasteiger partial charge in [0.1, 0.15) is 0 Å². The third kappa shape index (κ3) is 1.94. The lowest BCUT2D eigenvalue weighted by Crippen LogP contribution is -2.41. The van der Waals surface area contributed by atoms with Gasteiger partial charge < -0.3 is 10.6 Å². The van der Waals surface area contributed by atoms with E-state index in [2.05, 4.69) is 24.0 Å². The molecule has 0 radical (unpaired) electrons. The molecule has 2 N–H and O–H groups in total. The van der Waals surface area contributed by atoms with Crippen molar-refractivity contribution >= 4 is 17.7 Å². The molecule has 16 heavy (non-hydrogen) atoms.